The molecule has 0 unspecified atom stereocenters. The summed E-state index contributed by atoms with van der Waals surface area (Å²) in [5.74, 6) is 0.629. The average Bonchev–Trinajstić information content (AvgIpc) is 2.37. The Morgan fingerprint density at radius 3 is 2.56 bits per heavy atom. The Bertz CT molecular complexity index is 363. The Morgan fingerprint density at radius 2 is 2.00 bits per heavy atom. The highest BCUT2D eigenvalue weighted by Crippen LogP contribution is 2.11. The molecule has 0 aliphatic heterocycles. The van der Waals surface area contributed by atoms with E-state index in [-0.39, 0.29) is 5.91 Å². The van der Waals surface area contributed by atoms with E-state index in [1.807, 2.05) is 24.3 Å². The Hall–Kier alpha value is -1.59. The van der Waals surface area contributed by atoms with E-state index in [2.05, 4.69) is 5.32 Å². The first-order chi connectivity index (χ1) is 8.63. The maximum atomic E-state index is 11.3. The van der Waals surface area contributed by atoms with Crippen LogP contribution in [0.4, 0.5) is 0 Å². The van der Waals surface area contributed by atoms with Crippen LogP contribution in [0.15, 0.2) is 24.3 Å². The third-order valence-electron chi connectivity index (χ3n) is 2.36. The van der Waals surface area contributed by atoms with Gasteiger partial charge in [0.1, 0.15) is 12.4 Å². The van der Waals surface area contributed by atoms with Crippen LogP contribution in [0.3, 0.4) is 0 Å². The molecule has 0 spiro atoms. The van der Waals surface area contributed by atoms with Gasteiger partial charge in [0.2, 0.25) is 5.91 Å². The molecule has 100 valence electrons. The molecule has 5 nitrogen and oxygen atoms in total. The van der Waals surface area contributed by atoms with E-state index in [4.69, 9.17) is 15.2 Å². The maximum absolute atomic E-state index is 11.3. The predicted molar refractivity (Wildman–Crippen MR) is 69.3 cm³/mol. The first kappa shape index (κ1) is 14.5. The van der Waals surface area contributed by atoms with Crippen LogP contribution in [-0.2, 0) is 16.1 Å². The van der Waals surface area contributed by atoms with E-state index in [1.54, 1.807) is 14.0 Å². The Balaban J connectivity index is 2.38. The number of nitrogens with two attached hydrogens (primary N) is 1. The van der Waals surface area contributed by atoms with Gasteiger partial charge in [-0.1, -0.05) is 12.1 Å². The van der Waals surface area contributed by atoms with Gasteiger partial charge in [-0.05, 0) is 24.6 Å². The van der Waals surface area contributed by atoms with E-state index < -0.39 is 6.04 Å². The molecule has 0 aromatic heterocycles. The first-order valence-electron chi connectivity index (χ1n) is 5.87. The Morgan fingerprint density at radius 1 is 1.33 bits per heavy atom. The highest BCUT2D eigenvalue weighted by Gasteiger charge is 2.05. The van der Waals surface area contributed by atoms with Crippen LogP contribution in [0, 0.1) is 0 Å². The molecule has 18 heavy (non-hydrogen) atoms. The molecule has 1 amide bonds. The number of benzene rings is 1. The first-order valence-corrected chi connectivity index (χ1v) is 5.87. The van der Waals surface area contributed by atoms with Gasteiger partial charge in [-0.25, -0.2) is 0 Å². The van der Waals surface area contributed by atoms with Crippen molar-refractivity contribution in [1.29, 1.82) is 0 Å². The summed E-state index contributed by atoms with van der Waals surface area (Å²) >= 11 is 0. The van der Waals surface area contributed by atoms with Crippen LogP contribution < -0.4 is 15.8 Å². The van der Waals surface area contributed by atoms with Crippen molar-refractivity contribution < 1.29 is 14.3 Å². The lowest BCUT2D eigenvalue weighted by atomic mass is 10.2. The minimum absolute atomic E-state index is 0.157. The molecule has 1 aromatic rings. The summed E-state index contributed by atoms with van der Waals surface area (Å²) in [7, 11) is 1.63. The monoisotopic (exact) mass is 252 g/mol. The van der Waals surface area contributed by atoms with Crippen molar-refractivity contribution in [2.75, 3.05) is 20.3 Å². The zero-order valence-corrected chi connectivity index (χ0v) is 10.8. The molecule has 0 heterocycles. The number of rotatable bonds is 7. The summed E-state index contributed by atoms with van der Waals surface area (Å²) in [5, 5.41) is 2.75. The summed E-state index contributed by atoms with van der Waals surface area (Å²) in [4.78, 5) is 11.3. The van der Waals surface area contributed by atoms with Crippen LogP contribution in [0.1, 0.15) is 12.5 Å². The molecule has 0 aliphatic rings. The molecule has 0 saturated heterocycles. The fourth-order valence-corrected chi connectivity index (χ4v) is 1.30. The Labute approximate surface area is 107 Å². The van der Waals surface area contributed by atoms with Gasteiger partial charge in [-0.15, -0.1) is 0 Å². The maximum Gasteiger partial charge on any atom is 0.236 e. The van der Waals surface area contributed by atoms with Crippen LogP contribution in [-0.4, -0.2) is 32.3 Å². The van der Waals surface area contributed by atoms with Crippen molar-refractivity contribution in [3.63, 3.8) is 0 Å². The molecule has 0 aliphatic carbocycles. The molecule has 1 atom stereocenters. The summed E-state index contributed by atoms with van der Waals surface area (Å²) < 4.78 is 10.3. The van der Waals surface area contributed by atoms with Gasteiger partial charge in [0, 0.05) is 13.7 Å². The summed E-state index contributed by atoms with van der Waals surface area (Å²) in [6, 6.07) is 7.06. The minimum atomic E-state index is -0.485. The van der Waals surface area contributed by atoms with Gasteiger partial charge < -0.3 is 20.5 Å². The second kappa shape index (κ2) is 7.68. The number of carbonyl (C=O) groups excluding carboxylic acids is 1. The van der Waals surface area contributed by atoms with Crippen LogP contribution in [0.5, 0.6) is 5.75 Å². The number of ether oxygens (including phenoxy) is 2. The largest absolute Gasteiger partial charge is 0.491 e. The predicted octanol–water partition coefficient (Wildman–Crippen LogP) is 0.675. The van der Waals surface area contributed by atoms with Crippen molar-refractivity contribution >= 4 is 5.91 Å². The van der Waals surface area contributed by atoms with E-state index in [0.717, 1.165) is 11.3 Å². The minimum Gasteiger partial charge on any atom is -0.491 e. The van der Waals surface area contributed by atoms with Gasteiger partial charge in [-0.2, -0.15) is 0 Å². The fraction of sp³-hybridized carbons (Fsp3) is 0.462. The molecular formula is C13H20N2O3. The lowest BCUT2D eigenvalue weighted by Gasteiger charge is -2.09. The van der Waals surface area contributed by atoms with E-state index in [1.165, 1.54) is 0 Å². The molecule has 0 fully saturated rings. The number of amides is 1. The number of hydrogen-bond donors (Lipinski definition) is 2. The van der Waals surface area contributed by atoms with Crippen LogP contribution in [0.25, 0.3) is 0 Å². The molecule has 1 aromatic carbocycles. The van der Waals surface area contributed by atoms with Crippen molar-refractivity contribution in [2.45, 2.75) is 19.5 Å². The van der Waals surface area contributed by atoms with Crippen molar-refractivity contribution in [3.05, 3.63) is 29.8 Å². The quantitative estimate of drug-likeness (QED) is 0.700. The van der Waals surface area contributed by atoms with Gasteiger partial charge in [0.05, 0.1) is 12.6 Å². The van der Waals surface area contributed by atoms with E-state index in [9.17, 15) is 4.79 Å². The highest BCUT2D eigenvalue weighted by molar-refractivity contribution is 5.80. The van der Waals surface area contributed by atoms with Crippen molar-refractivity contribution in [2.24, 2.45) is 5.73 Å². The molecule has 1 rings (SSSR count). The average molecular weight is 252 g/mol. The third kappa shape index (κ3) is 5.16. The molecule has 0 bridgehead atoms. The number of nitrogens with one attached hydrogen (secondary N) is 1. The van der Waals surface area contributed by atoms with E-state index in [0.29, 0.717) is 19.8 Å². The topological polar surface area (TPSA) is 73.6 Å². The normalized spacial score (nSPS) is 11.9. The van der Waals surface area contributed by atoms with Gasteiger partial charge in [0.15, 0.2) is 0 Å². The second-order valence-electron chi connectivity index (χ2n) is 3.99. The molecular weight excluding hydrogens is 232 g/mol. The van der Waals surface area contributed by atoms with Gasteiger partial charge in [0.25, 0.3) is 0 Å². The summed E-state index contributed by atoms with van der Waals surface area (Å²) in [6.45, 7) is 3.21. The fourth-order valence-electron chi connectivity index (χ4n) is 1.30. The highest BCUT2D eigenvalue weighted by atomic mass is 16.5. The summed E-state index contributed by atoms with van der Waals surface area (Å²) in [6.07, 6.45) is 0. The smallest absolute Gasteiger partial charge is 0.236 e. The van der Waals surface area contributed by atoms with Gasteiger partial charge in [-0.3, -0.25) is 4.79 Å². The number of hydrogen-bond acceptors (Lipinski definition) is 4. The van der Waals surface area contributed by atoms with E-state index >= 15 is 0 Å². The summed E-state index contributed by atoms with van der Waals surface area (Å²) in [5.41, 5.74) is 6.45. The Kier molecular flexibility index (Phi) is 6.18. The lowest BCUT2D eigenvalue weighted by molar-refractivity contribution is -0.122. The molecule has 0 radical (unpaired) electrons. The molecule has 0 saturated carbocycles. The van der Waals surface area contributed by atoms with Gasteiger partial charge >= 0.3 is 0 Å². The second-order valence-corrected chi connectivity index (χ2v) is 3.99. The van der Waals surface area contributed by atoms with Crippen molar-refractivity contribution in [3.8, 4) is 5.75 Å². The SMILES string of the molecule is COCCOc1ccc(CNC(=O)[C@@H](C)N)cc1. The van der Waals surface area contributed by atoms with Crippen LogP contribution in [0.2, 0.25) is 0 Å². The number of methoxy groups -OCH3 is 1. The zero-order chi connectivity index (χ0) is 13.4. The third-order valence-corrected chi connectivity index (χ3v) is 2.36. The van der Waals surface area contributed by atoms with Crippen LogP contribution >= 0.6 is 0 Å². The molecule has 3 N–H and O–H groups in total. The zero-order valence-electron chi connectivity index (χ0n) is 10.8. The molecule has 5 heteroatoms. The number of carbonyl (C=O) groups is 1. The standard InChI is InChI=1S/C13H20N2O3/c1-10(14)13(16)15-9-11-3-5-12(6-4-11)18-8-7-17-2/h3-6,10H,7-9,14H2,1-2H3,(H,15,16)/t10-/m1/s1. The lowest BCUT2D eigenvalue weighted by Crippen LogP contribution is -2.37. The van der Waals surface area contributed by atoms with Crippen molar-refractivity contribution in [1.82, 2.24) is 5.32 Å².